The largest absolute Gasteiger partial charge is 0.249 e. The molecule has 0 aliphatic rings. The summed E-state index contributed by atoms with van der Waals surface area (Å²) in [5.74, 6) is 0. The van der Waals surface area contributed by atoms with E-state index in [4.69, 9.17) is 0 Å². The average molecular weight is 117 g/mol. The third-order valence-corrected chi connectivity index (χ3v) is 0.267. The molecule has 0 aromatic carbocycles. The highest BCUT2D eigenvalue weighted by Crippen LogP contribution is 1.82. The second-order valence-electron chi connectivity index (χ2n) is 0.336. The highest BCUT2D eigenvalue weighted by Gasteiger charge is 1.69. The van der Waals surface area contributed by atoms with Crippen LogP contribution >= 0.6 is 23.7 Å². The predicted molar refractivity (Wildman–Crippen MR) is 18.7 cm³/mol. The first-order valence-corrected chi connectivity index (χ1v) is 1.50. The second kappa shape index (κ2) is 4.50. The summed E-state index contributed by atoms with van der Waals surface area (Å²) in [4.78, 5) is 0. The Morgan fingerprint density at radius 3 is 1.60 bits per heavy atom. The molecule has 0 rings (SSSR count). The molecular formula is CH2Cl2O2. The van der Waals surface area contributed by atoms with Crippen molar-refractivity contribution in [2.45, 2.75) is 0 Å². The maximum atomic E-state index is 4.59. The molecular weight excluding hydrogens is 115 g/mol. The molecule has 0 radical (unpaired) electrons. The number of rotatable bonds is 2. The van der Waals surface area contributed by atoms with Gasteiger partial charge in [0.05, 0.1) is 23.7 Å². The highest BCUT2D eigenvalue weighted by atomic mass is 35.5. The van der Waals surface area contributed by atoms with Crippen molar-refractivity contribution in [3.8, 4) is 0 Å². The van der Waals surface area contributed by atoms with Crippen LogP contribution in [0.2, 0.25) is 0 Å². The smallest absolute Gasteiger partial charge is 0.187 e. The normalized spacial score (nSPS) is 8.40. The fraction of sp³-hybridized carbons (Fsp3) is 1.00. The lowest BCUT2D eigenvalue weighted by molar-refractivity contribution is 0.144. The van der Waals surface area contributed by atoms with E-state index < -0.39 is 0 Å². The number of hydrogen-bond donors (Lipinski definition) is 0. The summed E-state index contributed by atoms with van der Waals surface area (Å²) in [7, 11) is 0. The number of hydrogen-bond acceptors (Lipinski definition) is 2. The van der Waals surface area contributed by atoms with E-state index in [1.807, 2.05) is 0 Å². The Labute approximate surface area is 39.9 Å². The fourth-order valence-corrected chi connectivity index (χ4v) is 0.152. The van der Waals surface area contributed by atoms with E-state index >= 15 is 0 Å². The lowest BCUT2D eigenvalue weighted by atomic mass is 11.6. The van der Waals surface area contributed by atoms with Crippen molar-refractivity contribution in [3.63, 3.8) is 0 Å². The Balaban J connectivity index is 2.19. The molecule has 0 N–H and O–H groups in total. The SMILES string of the molecule is ClOCOCl. The van der Waals surface area contributed by atoms with Gasteiger partial charge >= 0.3 is 0 Å². The van der Waals surface area contributed by atoms with Crippen LogP contribution < -0.4 is 0 Å². The van der Waals surface area contributed by atoms with Crippen LogP contribution in [0.3, 0.4) is 0 Å². The quantitative estimate of drug-likeness (QED) is 0.507. The molecule has 4 heteroatoms. The Morgan fingerprint density at radius 2 is 1.60 bits per heavy atom. The molecule has 0 aromatic rings. The van der Waals surface area contributed by atoms with Crippen molar-refractivity contribution >= 4 is 23.7 Å². The first kappa shape index (κ1) is 5.50. The minimum Gasteiger partial charge on any atom is -0.249 e. The monoisotopic (exact) mass is 116 g/mol. The topological polar surface area (TPSA) is 18.5 Å². The van der Waals surface area contributed by atoms with E-state index in [1.54, 1.807) is 0 Å². The molecule has 0 aliphatic carbocycles. The van der Waals surface area contributed by atoms with Gasteiger partial charge in [0.25, 0.3) is 0 Å². The molecule has 0 saturated heterocycles. The zero-order valence-corrected chi connectivity index (χ0v) is 3.79. The third-order valence-electron chi connectivity index (χ3n) is 0.0891. The third kappa shape index (κ3) is 4.50. The van der Waals surface area contributed by atoms with Crippen LogP contribution in [0.5, 0.6) is 0 Å². The Kier molecular flexibility index (Phi) is 4.95. The van der Waals surface area contributed by atoms with Gasteiger partial charge in [0.1, 0.15) is 0 Å². The van der Waals surface area contributed by atoms with Gasteiger partial charge < -0.3 is 0 Å². The molecule has 5 heavy (non-hydrogen) atoms. The molecule has 0 atom stereocenters. The summed E-state index contributed by atoms with van der Waals surface area (Å²) in [6, 6.07) is 0. The summed E-state index contributed by atoms with van der Waals surface area (Å²) in [6.07, 6.45) is 0. The molecule has 0 fully saturated rings. The van der Waals surface area contributed by atoms with E-state index in [2.05, 4.69) is 32.3 Å². The summed E-state index contributed by atoms with van der Waals surface area (Å²) in [6.45, 7) is -0.0802. The lowest BCUT2D eigenvalue weighted by Gasteiger charge is -1.79. The van der Waals surface area contributed by atoms with Crippen LogP contribution in [0.1, 0.15) is 0 Å². The zero-order valence-electron chi connectivity index (χ0n) is 2.28. The molecule has 0 bridgehead atoms. The molecule has 32 valence electrons. The van der Waals surface area contributed by atoms with E-state index in [0.29, 0.717) is 0 Å². The summed E-state index contributed by atoms with van der Waals surface area (Å²) < 4.78 is 7.62. The fourth-order valence-electron chi connectivity index (χ4n) is 0.0168. The number of halogens is 2. The van der Waals surface area contributed by atoms with Gasteiger partial charge in [-0.15, -0.1) is 0 Å². The van der Waals surface area contributed by atoms with Crippen LogP contribution in [0.4, 0.5) is 0 Å². The van der Waals surface area contributed by atoms with Crippen molar-refractivity contribution in [2.24, 2.45) is 0 Å². The van der Waals surface area contributed by atoms with Gasteiger partial charge in [-0.3, -0.25) is 0 Å². The average Bonchev–Trinajstić information content (AvgIpc) is 1.41. The summed E-state index contributed by atoms with van der Waals surface area (Å²) in [5, 5.41) is 0. The zero-order chi connectivity index (χ0) is 4.12. The van der Waals surface area contributed by atoms with Gasteiger partial charge in [-0.2, -0.15) is 0 Å². The lowest BCUT2D eigenvalue weighted by Crippen LogP contribution is -1.76. The van der Waals surface area contributed by atoms with E-state index in [1.165, 1.54) is 0 Å². The molecule has 0 aliphatic heterocycles. The highest BCUT2D eigenvalue weighted by molar-refractivity contribution is 6.08. The second-order valence-corrected chi connectivity index (χ2v) is 0.773. The Hall–Kier alpha value is 0.500. The van der Waals surface area contributed by atoms with Crippen LogP contribution in [0, 0.1) is 0 Å². The molecule has 0 heterocycles. The van der Waals surface area contributed by atoms with Gasteiger partial charge in [-0.1, -0.05) is 0 Å². The van der Waals surface area contributed by atoms with Crippen molar-refractivity contribution in [1.29, 1.82) is 0 Å². The first-order chi connectivity index (χ1) is 2.41. The minimum absolute atomic E-state index is 0.0802. The first-order valence-electron chi connectivity index (χ1n) is 0.886. The van der Waals surface area contributed by atoms with Gasteiger partial charge in [0, 0.05) is 0 Å². The van der Waals surface area contributed by atoms with Crippen LogP contribution in [0.15, 0.2) is 0 Å². The standard InChI is InChI=1S/CH2Cl2O2/c2-4-1-5-3/h1H2. The minimum atomic E-state index is -0.0802. The maximum absolute atomic E-state index is 4.59. The van der Waals surface area contributed by atoms with Crippen LogP contribution in [-0.2, 0) is 8.58 Å². The summed E-state index contributed by atoms with van der Waals surface area (Å²) in [5.41, 5.74) is 0. The van der Waals surface area contributed by atoms with Crippen molar-refractivity contribution in [3.05, 3.63) is 0 Å². The predicted octanol–water partition coefficient (Wildman–Crippen LogP) is 1.28. The molecule has 0 saturated carbocycles. The van der Waals surface area contributed by atoms with E-state index in [9.17, 15) is 0 Å². The van der Waals surface area contributed by atoms with Crippen molar-refractivity contribution in [1.82, 2.24) is 0 Å². The molecule has 2 nitrogen and oxygen atoms in total. The van der Waals surface area contributed by atoms with Gasteiger partial charge in [-0.05, 0) is 0 Å². The van der Waals surface area contributed by atoms with Crippen molar-refractivity contribution in [2.75, 3.05) is 6.79 Å². The van der Waals surface area contributed by atoms with E-state index in [0.717, 1.165) is 0 Å². The van der Waals surface area contributed by atoms with Gasteiger partial charge in [0.2, 0.25) is 0 Å². The molecule has 0 aromatic heterocycles. The van der Waals surface area contributed by atoms with Crippen molar-refractivity contribution < 1.29 is 8.58 Å². The molecule has 0 amide bonds. The summed E-state index contributed by atoms with van der Waals surface area (Å²) >= 11 is 9.18. The van der Waals surface area contributed by atoms with Gasteiger partial charge in [-0.25, -0.2) is 8.58 Å². The maximum Gasteiger partial charge on any atom is 0.187 e. The Morgan fingerprint density at radius 1 is 1.20 bits per heavy atom. The van der Waals surface area contributed by atoms with Gasteiger partial charge in [0.15, 0.2) is 6.79 Å². The van der Waals surface area contributed by atoms with Crippen LogP contribution in [-0.4, -0.2) is 6.79 Å². The van der Waals surface area contributed by atoms with E-state index in [-0.39, 0.29) is 6.79 Å². The molecule has 0 unspecified atom stereocenters. The Bertz CT molecular complexity index is 15.1. The molecule has 0 spiro atoms. The van der Waals surface area contributed by atoms with Crippen LogP contribution in [0.25, 0.3) is 0 Å².